The van der Waals surface area contributed by atoms with Crippen molar-refractivity contribution < 1.29 is 4.79 Å². The van der Waals surface area contributed by atoms with Crippen molar-refractivity contribution in [2.45, 2.75) is 20.3 Å². The second-order valence-electron chi connectivity index (χ2n) is 6.14. The SMILES string of the molecule is Cc1cccc(CC(=O)Nc2ccc(Nc3cccc(C)c3)nc2)c1. The van der Waals surface area contributed by atoms with Crippen LogP contribution in [-0.2, 0) is 11.2 Å². The zero-order chi connectivity index (χ0) is 17.6. The highest BCUT2D eigenvalue weighted by molar-refractivity contribution is 5.92. The predicted octanol–water partition coefficient (Wildman–Crippen LogP) is 4.62. The molecule has 1 aromatic heterocycles. The molecule has 0 atom stereocenters. The number of rotatable bonds is 5. The summed E-state index contributed by atoms with van der Waals surface area (Å²) in [5.74, 6) is 0.689. The average molecular weight is 331 g/mol. The summed E-state index contributed by atoms with van der Waals surface area (Å²) in [5.41, 5.74) is 5.02. The Hall–Kier alpha value is -3.14. The number of anilines is 3. The molecule has 0 saturated heterocycles. The molecule has 1 heterocycles. The first kappa shape index (κ1) is 16.7. The number of nitrogens with one attached hydrogen (secondary N) is 2. The van der Waals surface area contributed by atoms with Crippen LogP contribution in [0, 0.1) is 13.8 Å². The average Bonchev–Trinajstić information content (AvgIpc) is 2.57. The summed E-state index contributed by atoms with van der Waals surface area (Å²) in [7, 11) is 0. The van der Waals surface area contributed by atoms with E-state index in [0.29, 0.717) is 12.1 Å². The quantitative estimate of drug-likeness (QED) is 0.717. The van der Waals surface area contributed by atoms with Gasteiger partial charge >= 0.3 is 0 Å². The van der Waals surface area contributed by atoms with Gasteiger partial charge in [-0.15, -0.1) is 0 Å². The van der Waals surface area contributed by atoms with Gasteiger partial charge in [0.1, 0.15) is 5.82 Å². The Labute approximate surface area is 147 Å². The number of pyridine rings is 1. The normalized spacial score (nSPS) is 10.3. The van der Waals surface area contributed by atoms with Gasteiger partial charge in [-0.1, -0.05) is 42.0 Å². The molecule has 2 N–H and O–H groups in total. The highest BCUT2D eigenvalue weighted by atomic mass is 16.1. The molecule has 0 spiro atoms. The fourth-order valence-electron chi connectivity index (χ4n) is 2.63. The fourth-order valence-corrected chi connectivity index (χ4v) is 2.63. The molecule has 1 amide bonds. The van der Waals surface area contributed by atoms with Gasteiger partial charge in [0.2, 0.25) is 5.91 Å². The Morgan fingerprint density at radius 1 is 0.920 bits per heavy atom. The molecule has 0 radical (unpaired) electrons. The molecule has 3 rings (SSSR count). The minimum absolute atomic E-state index is 0.0493. The van der Waals surface area contributed by atoms with E-state index in [2.05, 4.69) is 21.7 Å². The molecule has 4 heteroatoms. The molecule has 0 aliphatic rings. The lowest BCUT2D eigenvalue weighted by atomic mass is 10.1. The van der Waals surface area contributed by atoms with E-state index in [4.69, 9.17) is 0 Å². The lowest BCUT2D eigenvalue weighted by Gasteiger charge is -2.09. The summed E-state index contributed by atoms with van der Waals surface area (Å²) >= 11 is 0. The maximum Gasteiger partial charge on any atom is 0.228 e. The first-order chi connectivity index (χ1) is 12.1. The van der Waals surface area contributed by atoms with Crippen LogP contribution in [-0.4, -0.2) is 10.9 Å². The lowest BCUT2D eigenvalue weighted by Crippen LogP contribution is -2.14. The van der Waals surface area contributed by atoms with Crippen molar-refractivity contribution in [3.05, 3.63) is 83.6 Å². The number of aromatic nitrogens is 1. The van der Waals surface area contributed by atoms with Gasteiger partial charge in [0.05, 0.1) is 18.3 Å². The predicted molar refractivity (Wildman–Crippen MR) is 102 cm³/mol. The Bertz CT molecular complexity index is 872. The van der Waals surface area contributed by atoms with Crippen molar-refractivity contribution in [3.63, 3.8) is 0 Å². The largest absolute Gasteiger partial charge is 0.340 e. The maximum atomic E-state index is 12.2. The molecule has 0 fully saturated rings. The minimum atomic E-state index is -0.0493. The van der Waals surface area contributed by atoms with Crippen LogP contribution in [0.5, 0.6) is 0 Å². The highest BCUT2D eigenvalue weighted by Crippen LogP contribution is 2.17. The molecule has 25 heavy (non-hydrogen) atoms. The lowest BCUT2D eigenvalue weighted by molar-refractivity contribution is -0.115. The Morgan fingerprint density at radius 2 is 1.68 bits per heavy atom. The number of aryl methyl sites for hydroxylation is 2. The van der Waals surface area contributed by atoms with Crippen molar-refractivity contribution in [1.29, 1.82) is 0 Å². The highest BCUT2D eigenvalue weighted by Gasteiger charge is 2.05. The van der Waals surface area contributed by atoms with Crippen molar-refractivity contribution in [3.8, 4) is 0 Å². The molecule has 4 nitrogen and oxygen atoms in total. The van der Waals surface area contributed by atoms with Crippen LogP contribution >= 0.6 is 0 Å². The summed E-state index contributed by atoms with van der Waals surface area (Å²) in [6.45, 7) is 4.07. The van der Waals surface area contributed by atoms with Crippen LogP contribution in [0.15, 0.2) is 66.9 Å². The van der Waals surface area contributed by atoms with Crippen LogP contribution in [0.1, 0.15) is 16.7 Å². The van der Waals surface area contributed by atoms with E-state index >= 15 is 0 Å². The van der Waals surface area contributed by atoms with Crippen molar-refractivity contribution in [1.82, 2.24) is 4.98 Å². The number of amides is 1. The monoisotopic (exact) mass is 331 g/mol. The molecule has 0 unspecified atom stereocenters. The number of hydrogen-bond donors (Lipinski definition) is 2. The van der Waals surface area contributed by atoms with E-state index < -0.39 is 0 Å². The van der Waals surface area contributed by atoms with E-state index in [9.17, 15) is 4.79 Å². The van der Waals surface area contributed by atoms with E-state index in [0.717, 1.165) is 22.6 Å². The maximum absolute atomic E-state index is 12.2. The van der Waals surface area contributed by atoms with Crippen LogP contribution in [0.3, 0.4) is 0 Å². The molecule has 0 bridgehead atoms. The van der Waals surface area contributed by atoms with Crippen molar-refractivity contribution >= 4 is 23.1 Å². The van der Waals surface area contributed by atoms with Gasteiger partial charge in [0.25, 0.3) is 0 Å². The summed E-state index contributed by atoms with van der Waals surface area (Å²) in [5, 5.41) is 6.13. The van der Waals surface area contributed by atoms with Gasteiger partial charge in [-0.3, -0.25) is 4.79 Å². The second kappa shape index (κ2) is 7.62. The summed E-state index contributed by atoms with van der Waals surface area (Å²) in [4.78, 5) is 16.5. The Kier molecular flexibility index (Phi) is 5.09. The Balaban J connectivity index is 1.59. The third-order valence-electron chi connectivity index (χ3n) is 3.78. The molecule has 3 aromatic rings. The van der Waals surface area contributed by atoms with Crippen LogP contribution in [0.2, 0.25) is 0 Å². The summed E-state index contributed by atoms with van der Waals surface area (Å²) < 4.78 is 0. The summed E-state index contributed by atoms with van der Waals surface area (Å²) in [6, 6.07) is 19.8. The molecular weight excluding hydrogens is 310 g/mol. The molecule has 2 aromatic carbocycles. The van der Waals surface area contributed by atoms with Gasteiger partial charge in [-0.25, -0.2) is 4.98 Å². The van der Waals surface area contributed by atoms with Crippen LogP contribution in [0.25, 0.3) is 0 Å². The topological polar surface area (TPSA) is 54.0 Å². The number of benzene rings is 2. The first-order valence-electron chi connectivity index (χ1n) is 8.24. The third-order valence-corrected chi connectivity index (χ3v) is 3.78. The Morgan fingerprint density at radius 3 is 2.36 bits per heavy atom. The van der Waals surface area contributed by atoms with Gasteiger partial charge < -0.3 is 10.6 Å². The molecule has 0 aliphatic carbocycles. The molecule has 126 valence electrons. The minimum Gasteiger partial charge on any atom is -0.340 e. The number of carbonyl (C=O) groups excluding carboxylic acids is 1. The van der Waals surface area contributed by atoms with E-state index in [1.807, 2.05) is 68.4 Å². The second-order valence-corrected chi connectivity index (χ2v) is 6.14. The zero-order valence-electron chi connectivity index (χ0n) is 14.4. The van der Waals surface area contributed by atoms with Crippen molar-refractivity contribution in [2.75, 3.05) is 10.6 Å². The van der Waals surface area contributed by atoms with Crippen LogP contribution in [0.4, 0.5) is 17.2 Å². The standard InChI is InChI=1S/C21H21N3O/c1-15-5-3-7-17(11-15)13-21(25)24-19-9-10-20(22-14-19)23-18-8-4-6-16(2)12-18/h3-12,14H,13H2,1-2H3,(H,22,23)(H,24,25). The molecule has 0 saturated carbocycles. The first-order valence-corrected chi connectivity index (χ1v) is 8.24. The summed E-state index contributed by atoms with van der Waals surface area (Å²) in [6.07, 6.45) is 2.01. The zero-order valence-corrected chi connectivity index (χ0v) is 14.4. The van der Waals surface area contributed by atoms with Crippen molar-refractivity contribution in [2.24, 2.45) is 0 Å². The van der Waals surface area contributed by atoms with E-state index in [-0.39, 0.29) is 5.91 Å². The van der Waals surface area contributed by atoms with Crippen LogP contribution < -0.4 is 10.6 Å². The smallest absolute Gasteiger partial charge is 0.228 e. The molecule has 0 aliphatic heterocycles. The third kappa shape index (κ3) is 4.91. The van der Waals surface area contributed by atoms with Gasteiger partial charge in [-0.2, -0.15) is 0 Å². The molecular formula is C21H21N3O. The van der Waals surface area contributed by atoms with E-state index in [1.165, 1.54) is 5.56 Å². The number of hydrogen-bond acceptors (Lipinski definition) is 3. The van der Waals surface area contributed by atoms with E-state index in [1.54, 1.807) is 6.20 Å². The van der Waals surface area contributed by atoms with Gasteiger partial charge in [0.15, 0.2) is 0 Å². The number of carbonyl (C=O) groups is 1. The van der Waals surface area contributed by atoms with Gasteiger partial charge in [-0.05, 0) is 49.2 Å². The van der Waals surface area contributed by atoms with Gasteiger partial charge in [0, 0.05) is 5.69 Å². The fraction of sp³-hybridized carbons (Fsp3) is 0.143. The number of nitrogens with zero attached hydrogens (tertiary/aromatic N) is 1.